The van der Waals surface area contributed by atoms with Gasteiger partial charge in [0.25, 0.3) is 0 Å². The van der Waals surface area contributed by atoms with Crippen LogP contribution in [-0.4, -0.2) is 25.2 Å². The van der Waals surface area contributed by atoms with Crippen molar-refractivity contribution in [3.8, 4) is 11.5 Å². The van der Waals surface area contributed by atoms with E-state index < -0.39 is 0 Å². The van der Waals surface area contributed by atoms with Crippen LogP contribution in [0.3, 0.4) is 0 Å². The van der Waals surface area contributed by atoms with Gasteiger partial charge in [-0.3, -0.25) is 10.1 Å². The fourth-order valence-electron chi connectivity index (χ4n) is 2.97. The molecule has 0 aliphatic rings. The van der Waals surface area contributed by atoms with Crippen LogP contribution >= 0.6 is 23.8 Å². The zero-order chi connectivity index (χ0) is 21.5. The zero-order valence-electron chi connectivity index (χ0n) is 16.6. The minimum atomic E-state index is -0.321. The molecule has 3 aromatic carbocycles. The van der Waals surface area contributed by atoms with Gasteiger partial charge in [-0.15, -0.1) is 0 Å². The summed E-state index contributed by atoms with van der Waals surface area (Å²) in [6.45, 7) is 0.325. The third-order valence-electron chi connectivity index (χ3n) is 4.47. The molecule has 154 valence electrons. The van der Waals surface area contributed by atoms with Crippen LogP contribution in [0.5, 0.6) is 11.5 Å². The van der Waals surface area contributed by atoms with Crippen LogP contribution < -0.4 is 20.1 Å². The first kappa shape index (κ1) is 21.6. The highest BCUT2D eigenvalue weighted by Crippen LogP contribution is 2.32. The van der Waals surface area contributed by atoms with Gasteiger partial charge in [-0.25, -0.2) is 0 Å². The van der Waals surface area contributed by atoms with Gasteiger partial charge in [0, 0.05) is 23.7 Å². The molecular weight excluding hydrogens is 420 g/mol. The molecular formula is C23H21ClN2O3S. The summed E-state index contributed by atoms with van der Waals surface area (Å²) in [7, 11) is 3.10. The summed E-state index contributed by atoms with van der Waals surface area (Å²) in [5, 5.41) is 8.51. The van der Waals surface area contributed by atoms with Gasteiger partial charge in [0.1, 0.15) is 0 Å². The number of benzene rings is 3. The summed E-state index contributed by atoms with van der Waals surface area (Å²) in [5.74, 6) is 0.784. The summed E-state index contributed by atoms with van der Waals surface area (Å²) >= 11 is 11.5. The van der Waals surface area contributed by atoms with Crippen molar-refractivity contribution in [2.45, 2.75) is 6.54 Å². The molecule has 0 radical (unpaired) electrons. The van der Waals surface area contributed by atoms with Crippen molar-refractivity contribution < 1.29 is 14.3 Å². The Balaban J connectivity index is 1.60. The van der Waals surface area contributed by atoms with Gasteiger partial charge in [0.2, 0.25) is 5.91 Å². The molecule has 5 nitrogen and oxygen atoms in total. The van der Waals surface area contributed by atoms with E-state index in [1.54, 1.807) is 32.4 Å². The van der Waals surface area contributed by atoms with Crippen molar-refractivity contribution in [2.24, 2.45) is 0 Å². The maximum atomic E-state index is 12.2. The lowest BCUT2D eigenvalue weighted by Gasteiger charge is -2.13. The summed E-state index contributed by atoms with van der Waals surface area (Å²) < 4.78 is 10.5. The molecule has 30 heavy (non-hydrogen) atoms. The molecule has 7 heteroatoms. The topological polar surface area (TPSA) is 59.6 Å². The lowest BCUT2D eigenvalue weighted by molar-refractivity contribution is -0.115. The molecule has 0 heterocycles. The molecule has 3 aromatic rings. The highest BCUT2D eigenvalue weighted by Gasteiger charge is 2.10. The molecule has 0 aliphatic heterocycles. The quantitative estimate of drug-likeness (QED) is 0.429. The molecule has 0 aromatic heterocycles. The van der Waals surface area contributed by atoms with E-state index >= 15 is 0 Å². The van der Waals surface area contributed by atoms with Crippen molar-refractivity contribution in [3.05, 3.63) is 76.8 Å². The van der Waals surface area contributed by atoms with Gasteiger partial charge in [0.05, 0.1) is 14.2 Å². The highest BCUT2D eigenvalue weighted by atomic mass is 35.5. The first-order chi connectivity index (χ1) is 14.5. The lowest BCUT2D eigenvalue weighted by Crippen LogP contribution is -2.38. The second-order valence-corrected chi connectivity index (χ2v) is 7.19. The molecule has 0 spiro atoms. The molecule has 3 rings (SSSR count). The van der Waals surface area contributed by atoms with E-state index in [1.165, 1.54) is 6.08 Å². The molecule has 0 saturated carbocycles. The Morgan fingerprint density at radius 1 is 1.07 bits per heavy atom. The summed E-state index contributed by atoms with van der Waals surface area (Å²) in [5.41, 5.74) is 1.72. The Morgan fingerprint density at radius 2 is 1.77 bits per heavy atom. The molecule has 0 fully saturated rings. The average molecular weight is 441 g/mol. The summed E-state index contributed by atoms with van der Waals surface area (Å²) in [6, 6.07) is 17.4. The van der Waals surface area contributed by atoms with Crippen LogP contribution in [0.15, 0.2) is 60.7 Å². The van der Waals surface area contributed by atoms with Crippen LogP contribution in [-0.2, 0) is 11.3 Å². The summed E-state index contributed by atoms with van der Waals surface area (Å²) in [6.07, 6.45) is 3.23. The molecule has 0 unspecified atom stereocenters. The van der Waals surface area contributed by atoms with Gasteiger partial charge < -0.3 is 14.8 Å². The number of carbonyl (C=O) groups is 1. The number of thiocarbonyl (C=S) groups is 1. The largest absolute Gasteiger partial charge is 0.493 e. The van der Waals surface area contributed by atoms with E-state index in [9.17, 15) is 4.79 Å². The number of ether oxygens (including phenoxy) is 2. The van der Waals surface area contributed by atoms with E-state index in [-0.39, 0.29) is 11.0 Å². The van der Waals surface area contributed by atoms with Crippen LogP contribution in [0.1, 0.15) is 11.1 Å². The number of nitrogens with one attached hydrogen (secondary N) is 2. The first-order valence-corrected chi connectivity index (χ1v) is 9.95. The van der Waals surface area contributed by atoms with E-state index in [1.807, 2.05) is 42.5 Å². The fourth-order valence-corrected chi connectivity index (χ4v) is 3.36. The van der Waals surface area contributed by atoms with E-state index in [2.05, 4.69) is 10.6 Å². The monoisotopic (exact) mass is 440 g/mol. The second kappa shape index (κ2) is 10.1. The fraction of sp³-hybridized carbons (Fsp3) is 0.130. The molecule has 0 bridgehead atoms. The number of methoxy groups -OCH3 is 2. The SMILES string of the molecule is COc1cc(Cl)c(CNC(=S)NC(=O)/C=C/c2cccc3ccccc23)cc1OC. The average Bonchev–Trinajstić information content (AvgIpc) is 2.76. The zero-order valence-corrected chi connectivity index (χ0v) is 18.1. The Bertz CT molecular complexity index is 1110. The normalized spacial score (nSPS) is 10.8. The van der Waals surface area contributed by atoms with Gasteiger partial charge in [0.15, 0.2) is 16.6 Å². The highest BCUT2D eigenvalue weighted by molar-refractivity contribution is 7.80. The smallest absolute Gasteiger partial charge is 0.250 e. The van der Waals surface area contributed by atoms with Gasteiger partial charge in [-0.05, 0) is 46.3 Å². The van der Waals surface area contributed by atoms with E-state index in [0.717, 1.165) is 21.9 Å². The van der Waals surface area contributed by atoms with Crippen molar-refractivity contribution in [1.82, 2.24) is 10.6 Å². The lowest BCUT2D eigenvalue weighted by atomic mass is 10.0. The van der Waals surface area contributed by atoms with Gasteiger partial charge in [-0.2, -0.15) is 0 Å². The number of amides is 1. The van der Waals surface area contributed by atoms with Gasteiger partial charge in [-0.1, -0.05) is 54.1 Å². The first-order valence-electron chi connectivity index (χ1n) is 9.17. The minimum absolute atomic E-state index is 0.202. The Labute approximate surface area is 185 Å². The molecule has 2 N–H and O–H groups in total. The van der Waals surface area contributed by atoms with Crippen LogP contribution in [0.2, 0.25) is 5.02 Å². The number of rotatable bonds is 6. The van der Waals surface area contributed by atoms with Gasteiger partial charge >= 0.3 is 0 Å². The van der Waals surface area contributed by atoms with Crippen LogP contribution in [0.4, 0.5) is 0 Å². The predicted molar refractivity (Wildman–Crippen MR) is 125 cm³/mol. The Morgan fingerprint density at radius 3 is 2.53 bits per heavy atom. The number of hydrogen-bond acceptors (Lipinski definition) is 4. The Hall–Kier alpha value is -3.09. The molecule has 0 aliphatic carbocycles. The van der Waals surface area contributed by atoms with E-state index in [4.69, 9.17) is 33.3 Å². The van der Waals surface area contributed by atoms with Crippen molar-refractivity contribution >= 4 is 51.7 Å². The summed E-state index contributed by atoms with van der Waals surface area (Å²) in [4.78, 5) is 12.2. The predicted octanol–water partition coefficient (Wildman–Crippen LogP) is 4.71. The van der Waals surface area contributed by atoms with Crippen LogP contribution in [0.25, 0.3) is 16.8 Å². The number of fused-ring (bicyclic) bond motifs is 1. The number of halogens is 1. The molecule has 0 saturated heterocycles. The third kappa shape index (κ3) is 5.28. The van der Waals surface area contributed by atoms with Crippen molar-refractivity contribution in [3.63, 3.8) is 0 Å². The Kier molecular flexibility index (Phi) is 7.27. The minimum Gasteiger partial charge on any atom is -0.493 e. The van der Waals surface area contributed by atoms with E-state index in [0.29, 0.717) is 23.1 Å². The molecule has 0 atom stereocenters. The second-order valence-electron chi connectivity index (χ2n) is 6.37. The third-order valence-corrected chi connectivity index (χ3v) is 5.06. The van der Waals surface area contributed by atoms with Crippen molar-refractivity contribution in [1.29, 1.82) is 0 Å². The maximum absolute atomic E-state index is 12.2. The molecule has 1 amide bonds. The van der Waals surface area contributed by atoms with Crippen LogP contribution in [0, 0.1) is 0 Å². The standard InChI is InChI=1S/C23H21ClN2O3S/c1-28-20-12-17(19(24)13-21(20)29-2)14-25-23(30)26-22(27)11-10-16-8-5-7-15-6-3-4-9-18(15)16/h3-13H,14H2,1-2H3,(H2,25,26,27,30)/b11-10+. The van der Waals surface area contributed by atoms with Crippen molar-refractivity contribution in [2.75, 3.05) is 14.2 Å². The maximum Gasteiger partial charge on any atom is 0.250 e. The number of hydrogen-bond donors (Lipinski definition) is 2. The number of carbonyl (C=O) groups excluding carboxylic acids is 1.